The van der Waals surface area contributed by atoms with Gasteiger partial charge in [-0.25, -0.2) is 0 Å². The van der Waals surface area contributed by atoms with E-state index >= 15 is 0 Å². The number of fused-ring (bicyclic) bond motifs is 2. The van der Waals surface area contributed by atoms with E-state index in [4.69, 9.17) is 9.47 Å². The number of methoxy groups -OCH3 is 1. The van der Waals surface area contributed by atoms with Crippen molar-refractivity contribution in [3.8, 4) is 11.5 Å². The Balaban J connectivity index is 1.45. The zero-order valence-electron chi connectivity index (χ0n) is 16.4. The molecule has 0 radical (unpaired) electrons. The van der Waals surface area contributed by atoms with Crippen LogP contribution in [-0.4, -0.2) is 30.7 Å². The number of nitrogens with zero attached hydrogens (tertiary/aromatic N) is 1. The van der Waals surface area contributed by atoms with Gasteiger partial charge in [0, 0.05) is 25.2 Å². The Hall–Kier alpha value is -2.76. The minimum atomic E-state index is -0.301. The topological polar surface area (TPSA) is 69.6 Å². The SMILES string of the molecule is COc1cccc2c1OC[C@@H](CNC(=O)c1cc3c(n(C)c1=O)CCCC3)C2. The van der Waals surface area contributed by atoms with Crippen LogP contribution in [0.1, 0.15) is 40.0 Å². The highest BCUT2D eigenvalue weighted by Crippen LogP contribution is 2.35. The lowest BCUT2D eigenvalue weighted by atomic mass is 9.94. The van der Waals surface area contributed by atoms with Gasteiger partial charge in [-0.2, -0.15) is 0 Å². The van der Waals surface area contributed by atoms with E-state index in [0.29, 0.717) is 13.2 Å². The van der Waals surface area contributed by atoms with Crippen molar-refractivity contribution in [3.63, 3.8) is 0 Å². The number of aromatic nitrogens is 1. The molecule has 1 aliphatic heterocycles. The molecule has 4 rings (SSSR count). The van der Waals surface area contributed by atoms with E-state index in [-0.39, 0.29) is 22.9 Å². The van der Waals surface area contributed by atoms with Crippen molar-refractivity contribution in [2.75, 3.05) is 20.3 Å². The van der Waals surface area contributed by atoms with Crippen LogP contribution in [0.2, 0.25) is 0 Å². The molecule has 148 valence electrons. The molecule has 2 aliphatic rings. The summed E-state index contributed by atoms with van der Waals surface area (Å²) in [6.07, 6.45) is 4.84. The quantitative estimate of drug-likeness (QED) is 0.881. The summed E-state index contributed by atoms with van der Waals surface area (Å²) >= 11 is 0. The summed E-state index contributed by atoms with van der Waals surface area (Å²) in [6.45, 7) is 0.978. The number of benzene rings is 1. The van der Waals surface area contributed by atoms with Crippen LogP contribution in [0.15, 0.2) is 29.1 Å². The lowest BCUT2D eigenvalue weighted by Crippen LogP contribution is -2.38. The molecule has 1 atom stereocenters. The Kier molecular flexibility index (Phi) is 5.11. The fourth-order valence-corrected chi connectivity index (χ4v) is 4.23. The standard InChI is InChI=1S/C22H26N2O4/c1-24-18-8-4-3-6-15(18)11-17(22(24)26)21(25)23-12-14-10-16-7-5-9-19(27-2)20(16)28-13-14/h5,7,9,11,14H,3-4,6,8,10,12-13H2,1-2H3,(H,23,25)/t14-/m1/s1. The predicted octanol–water partition coefficient (Wildman–Crippen LogP) is 2.25. The molecular weight excluding hydrogens is 356 g/mol. The molecule has 2 heterocycles. The van der Waals surface area contributed by atoms with Crippen LogP contribution in [0.3, 0.4) is 0 Å². The lowest BCUT2D eigenvalue weighted by molar-refractivity contribution is 0.0936. The van der Waals surface area contributed by atoms with E-state index in [2.05, 4.69) is 5.32 Å². The number of hydrogen-bond acceptors (Lipinski definition) is 4. The molecule has 0 saturated heterocycles. The number of amides is 1. The molecule has 1 N–H and O–H groups in total. The second-order valence-corrected chi connectivity index (χ2v) is 7.64. The van der Waals surface area contributed by atoms with E-state index in [1.165, 1.54) is 0 Å². The lowest BCUT2D eigenvalue weighted by Gasteiger charge is -2.26. The minimum absolute atomic E-state index is 0.157. The summed E-state index contributed by atoms with van der Waals surface area (Å²) in [7, 11) is 3.40. The van der Waals surface area contributed by atoms with E-state index in [1.807, 2.05) is 18.2 Å². The number of rotatable bonds is 4. The van der Waals surface area contributed by atoms with Crippen LogP contribution in [0.5, 0.6) is 11.5 Å². The van der Waals surface area contributed by atoms with Crippen molar-refractivity contribution in [1.82, 2.24) is 9.88 Å². The average molecular weight is 382 g/mol. The van der Waals surface area contributed by atoms with Gasteiger partial charge >= 0.3 is 0 Å². The summed E-state index contributed by atoms with van der Waals surface area (Å²) in [5.74, 6) is 1.38. The number of nitrogens with one attached hydrogen (secondary N) is 1. The first-order valence-electron chi connectivity index (χ1n) is 9.87. The molecule has 0 spiro atoms. The van der Waals surface area contributed by atoms with Crippen LogP contribution in [-0.2, 0) is 26.3 Å². The van der Waals surface area contributed by atoms with Crippen LogP contribution in [0, 0.1) is 5.92 Å². The van der Waals surface area contributed by atoms with Gasteiger partial charge in [-0.1, -0.05) is 12.1 Å². The first-order valence-corrected chi connectivity index (χ1v) is 9.87. The smallest absolute Gasteiger partial charge is 0.263 e. The van der Waals surface area contributed by atoms with Crippen LogP contribution >= 0.6 is 0 Å². The molecule has 1 aromatic heterocycles. The molecule has 6 heteroatoms. The largest absolute Gasteiger partial charge is 0.493 e. The molecule has 28 heavy (non-hydrogen) atoms. The van der Waals surface area contributed by atoms with Crippen LogP contribution in [0.4, 0.5) is 0 Å². The Bertz CT molecular complexity index is 964. The molecule has 0 bridgehead atoms. The molecule has 6 nitrogen and oxygen atoms in total. The van der Waals surface area contributed by atoms with E-state index in [0.717, 1.165) is 60.4 Å². The number of hydrogen-bond donors (Lipinski definition) is 1. The predicted molar refractivity (Wildman–Crippen MR) is 106 cm³/mol. The van der Waals surface area contributed by atoms with Gasteiger partial charge in [0.25, 0.3) is 11.5 Å². The minimum Gasteiger partial charge on any atom is -0.493 e. The third-order valence-corrected chi connectivity index (χ3v) is 5.79. The monoisotopic (exact) mass is 382 g/mol. The van der Waals surface area contributed by atoms with Gasteiger partial charge < -0.3 is 19.4 Å². The highest BCUT2D eigenvalue weighted by Gasteiger charge is 2.24. The molecule has 1 amide bonds. The van der Waals surface area contributed by atoms with Crippen molar-refractivity contribution in [1.29, 1.82) is 0 Å². The zero-order valence-corrected chi connectivity index (χ0v) is 16.4. The van der Waals surface area contributed by atoms with E-state index in [1.54, 1.807) is 24.8 Å². The van der Waals surface area contributed by atoms with Gasteiger partial charge in [0.15, 0.2) is 11.5 Å². The highest BCUT2D eigenvalue weighted by molar-refractivity contribution is 5.94. The molecule has 0 unspecified atom stereocenters. The summed E-state index contributed by atoms with van der Waals surface area (Å²) in [4.78, 5) is 25.3. The molecule has 0 fully saturated rings. The molecule has 0 saturated carbocycles. The zero-order chi connectivity index (χ0) is 19.7. The molecule has 2 aromatic rings. The number of pyridine rings is 1. The maximum atomic E-state index is 12.7. The molecule has 1 aliphatic carbocycles. The van der Waals surface area contributed by atoms with Crippen molar-refractivity contribution in [2.45, 2.75) is 32.1 Å². The van der Waals surface area contributed by atoms with Crippen LogP contribution < -0.4 is 20.3 Å². The van der Waals surface area contributed by atoms with Crippen molar-refractivity contribution < 1.29 is 14.3 Å². The summed E-state index contributed by atoms with van der Waals surface area (Å²) < 4.78 is 12.9. The Labute approximate surface area is 164 Å². The van der Waals surface area contributed by atoms with E-state index in [9.17, 15) is 9.59 Å². The number of ether oxygens (including phenoxy) is 2. The van der Waals surface area contributed by atoms with Gasteiger partial charge in [-0.3, -0.25) is 9.59 Å². The van der Waals surface area contributed by atoms with Crippen LogP contribution in [0.25, 0.3) is 0 Å². The van der Waals surface area contributed by atoms with Crippen molar-refractivity contribution in [3.05, 3.63) is 57.0 Å². The first kappa shape index (κ1) is 18.6. The summed E-state index contributed by atoms with van der Waals surface area (Å²) in [6, 6.07) is 7.64. The number of para-hydroxylation sites is 1. The first-order chi connectivity index (χ1) is 13.6. The number of carbonyl (C=O) groups excluding carboxylic acids is 1. The van der Waals surface area contributed by atoms with Crippen molar-refractivity contribution >= 4 is 5.91 Å². The van der Waals surface area contributed by atoms with Crippen molar-refractivity contribution in [2.24, 2.45) is 13.0 Å². The van der Waals surface area contributed by atoms with Gasteiger partial charge in [-0.05, 0) is 55.4 Å². The van der Waals surface area contributed by atoms with Gasteiger partial charge in [0.1, 0.15) is 5.56 Å². The highest BCUT2D eigenvalue weighted by atomic mass is 16.5. The second-order valence-electron chi connectivity index (χ2n) is 7.64. The number of aryl methyl sites for hydroxylation is 1. The Morgan fingerprint density at radius 1 is 1.29 bits per heavy atom. The van der Waals surface area contributed by atoms with Gasteiger partial charge in [0.05, 0.1) is 13.7 Å². The summed E-state index contributed by atoms with van der Waals surface area (Å²) in [5, 5.41) is 2.94. The van der Waals surface area contributed by atoms with Gasteiger partial charge in [-0.15, -0.1) is 0 Å². The normalized spacial score (nSPS) is 17.9. The summed E-state index contributed by atoms with van der Waals surface area (Å²) in [5.41, 5.74) is 3.30. The Morgan fingerprint density at radius 3 is 2.93 bits per heavy atom. The van der Waals surface area contributed by atoms with E-state index < -0.39 is 0 Å². The fraction of sp³-hybridized carbons (Fsp3) is 0.455. The Morgan fingerprint density at radius 2 is 2.11 bits per heavy atom. The molecule has 1 aromatic carbocycles. The second kappa shape index (κ2) is 7.70. The maximum absolute atomic E-state index is 12.7. The number of carbonyl (C=O) groups is 1. The third-order valence-electron chi connectivity index (χ3n) is 5.79. The van der Waals surface area contributed by atoms with Gasteiger partial charge in [0.2, 0.25) is 0 Å². The third kappa shape index (κ3) is 3.39. The molecular formula is C22H26N2O4. The maximum Gasteiger partial charge on any atom is 0.263 e. The fourth-order valence-electron chi connectivity index (χ4n) is 4.23. The average Bonchev–Trinajstić information content (AvgIpc) is 2.73.